The van der Waals surface area contributed by atoms with Crippen molar-refractivity contribution in [3.63, 3.8) is 0 Å². The van der Waals surface area contributed by atoms with Crippen LogP contribution in [-0.4, -0.2) is 18.7 Å². The number of benzene rings is 1. The summed E-state index contributed by atoms with van der Waals surface area (Å²) in [5.41, 5.74) is 1.13. The largest absolute Gasteiger partial charge is 0.462 e. The minimum absolute atomic E-state index is 0.0186. The summed E-state index contributed by atoms with van der Waals surface area (Å²) in [7, 11) is 0. The average molecular weight is 299 g/mol. The normalized spacial score (nSPS) is 24.4. The minimum atomic E-state index is -0.216. The average Bonchev–Trinajstić information content (AvgIpc) is 2.29. The predicted octanol–water partition coefficient (Wildman–Crippen LogP) is 3.23. The molecule has 3 nitrogen and oxygen atoms in total. The van der Waals surface area contributed by atoms with E-state index in [0.717, 1.165) is 22.9 Å². The van der Waals surface area contributed by atoms with Gasteiger partial charge >= 0.3 is 5.97 Å². The highest BCUT2D eigenvalue weighted by atomic mass is 79.9. The maximum atomic E-state index is 10.9. The summed E-state index contributed by atoms with van der Waals surface area (Å²) in [4.78, 5) is 10.9. The standard InChI is InChI=1S/C13H15BrO3/c1-9(15)17-12-6-7-16-13(8-12)10-2-4-11(14)5-3-10/h2-5,12-13H,6-8H2,1H3/t12-,13+/m0/s1. The molecule has 1 aromatic carbocycles. The first-order valence-electron chi connectivity index (χ1n) is 5.69. The molecule has 2 atom stereocenters. The van der Waals surface area contributed by atoms with Gasteiger partial charge in [0.2, 0.25) is 0 Å². The maximum Gasteiger partial charge on any atom is 0.302 e. The van der Waals surface area contributed by atoms with Gasteiger partial charge < -0.3 is 9.47 Å². The molecule has 0 unspecified atom stereocenters. The van der Waals surface area contributed by atoms with Crippen LogP contribution in [0.15, 0.2) is 28.7 Å². The molecule has 92 valence electrons. The van der Waals surface area contributed by atoms with Crippen LogP contribution in [0, 0.1) is 0 Å². The van der Waals surface area contributed by atoms with Gasteiger partial charge in [-0.05, 0) is 17.7 Å². The van der Waals surface area contributed by atoms with E-state index in [9.17, 15) is 4.79 Å². The molecule has 2 rings (SSSR count). The lowest BCUT2D eigenvalue weighted by atomic mass is 9.99. The number of hydrogen-bond acceptors (Lipinski definition) is 3. The molecule has 1 aliphatic heterocycles. The van der Waals surface area contributed by atoms with Gasteiger partial charge in [0.05, 0.1) is 12.7 Å². The van der Waals surface area contributed by atoms with Crippen LogP contribution in [0.1, 0.15) is 31.4 Å². The van der Waals surface area contributed by atoms with Crippen molar-refractivity contribution < 1.29 is 14.3 Å². The molecule has 1 saturated heterocycles. The second kappa shape index (κ2) is 5.65. The molecule has 0 radical (unpaired) electrons. The van der Waals surface area contributed by atoms with Crippen molar-refractivity contribution in [2.24, 2.45) is 0 Å². The molecular formula is C13H15BrO3. The van der Waals surface area contributed by atoms with E-state index in [1.807, 2.05) is 24.3 Å². The topological polar surface area (TPSA) is 35.5 Å². The number of hydrogen-bond donors (Lipinski definition) is 0. The first kappa shape index (κ1) is 12.6. The molecule has 1 aliphatic rings. The quantitative estimate of drug-likeness (QED) is 0.787. The molecule has 0 bridgehead atoms. The molecule has 1 heterocycles. The van der Waals surface area contributed by atoms with Crippen LogP contribution in [0.2, 0.25) is 0 Å². The smallest absolute Gasteiger partial charge is 0.302 e. The zero-order valence-corrected chi connectivity index (χ0v) is 11.3. The molecule has 0 aromatic heterocycles. The molecule has 1 aromatic rings. The van der Waals surface area contributed by atoms with Crippen LogP contribution in [-0.2, 0) is 14.3 Å². The summed E-state index contributed by atoms with van der Waals surface area (Å²) in [6, 6.07) is 8.05. The summed E-state index contributed by atoms with van der Waals surface area (Å²) >= 11 is 3.40. The van der Waals surface area contributed by atoms with E-state index in [-0.39, 0.29) is 18.2 Å². The third kappa shape index (κ3) is 3.54. The third-order valence-corrected chi connectivity index (χ3v) is 3.34. The number of esters is 1. The van der Waals surface area contributed by atoms with Crippen LogP contribution < -0.4 is 0 Å². The van der Waals surface area contributed by atoms with Crippen LogP contribution >= 0.6 is 15.9 Å². The van der Waals surface area contributed by atoms with Crippen molar-refractivity contribution in [2.75, 3.05) is 6.61 Å². The van der Waals surface area contributed by atoms with E-state index in [0.29, 0.717) is 6.61 Å². The van der Waals surface area contributed by atoms with Crippen molar-refractivity contribution in [1.82, 2.24) is 0 Å². The number of carbonyl (C=O) groups is 1. The molecule has 0 saturated carbocycles. The molecule has 17 heavy (non-hydrogen) atoms. The molecule has 0 N–H and O–H groups in total. The highest BCUT2D eigenvalue weighted by Gasteiger charge is 2.25. The van der Waals surface area contributed by atoms with E-state index >= 15 is 0 Å². The second-order valence-corrected chi connectivity index (χ2v) is 5.08. The Kier molecular flexibility index (Phi) is 4.18. The Bertz CT molecular complexity index is 388. The number of carbonyl (C=O) groups excluding carboxylic acids is 1. The van der Waals surface area contributed by atoms with E-state index in [4.69, 9.17) is 9.47 Å². The van der Waals surface area contributed by atoms with Gasteiger partial charge in [0.15, 0.2) is 0 Å². The van der Waals surface area contributed by atoms with Crippen molar-refractivity contribution in [3.05, 3.63) is 34.3 Å². The van der Waals surface area contributed by atoms with E-state index in [2.05, 4.69) is 15.9 Å². The molecule has 4 heteroatoms. The van der Waals surface area contributed by atoms with Gasteiger partial charge in [-0.1, -0.05) is 28.1 Å². The summed E-state index contributed by atoms with van der Waals surface area (Å²) in [5.74, 6) is -0.216. The van der Waals surface area contributed by atoms with Gasteiger partial charge in [0, 0.05) is 24.2 Å². The van der Waals surface area contributed by atoms with Gasteiger partial charge in [-0.3, -0.25) is 4.79 Å². The van der Waals surface area contributed by atoms with Gasteiger partial charge in [-0.25, -0.2) is 0 Å². The van der Waals surface area contributed by atoms with Crippen molar-refractivity contribution in [1.29, 1.82) is 0 Å². The van der Waals surface area contributed by atoms with Gasteiger partial charge in [-0.2, -0.15) is 0 Å². The number of halogens is 1. The zero-order valence-electron chi connectivity index (χ0n) is 9.69. The van der Waals surface area contributed by atoms with E-state index < -0.39 is 0 Å². The summed E-state index contributed by atoms with van der Waals surface area (Å²) in [6.45, 7) is 2.09. The Hall–Kier alpha value is -0.870. The van der Waals surface area contributed by atoms with Crippen LogP contribution in [0.3, 0.4) is 0 Å². The number of ether oxygens (including phenoxy) is 2. The predicted molar refractivity (Wildman–Crippen MR) is 67.6 cm³/mol. The van der Waals surface area contributed by atoms with Crippen molar-refractivity contribution >= 4 is 21.9 Å². The highest BCUT2D eigenvalue weighted by molar-refractivity contribution is 9.10. The highest BCUT2D eigenvalue weighted by Crippen LogP contribution is 2.30. The first-order valence-corrected chi connectivity index (χ1v) is 6.49. The van der Waals surface area contributed by atoms with Crippen molar-refractivity contribution in [2.45, 2.75) is 32.0 Å². The van der Waals surface area contributed by atoms with Crippen LogP contribution in [0.5, 0.6) is 0 Å². The van der Waals surface area contributed by atoms with Crippen LogP contribution in [0.25, 0.3) is 0 Å². The SMILES string of the molecule is CC(=O)O[C@H]1CCO[C@@H](c2ccc(Br)cc2)C1. The van der Waals surface area contributed by atoms with Crippen molar-refractivity contribution in [3.8, 4) is 0 Å². The lowest BCUT2D eigenvalue weighted by molar-refractivity contribution is -0.153. The Morgan fingerprint density at radius 2 is 2.12 bits per heavy atom. The molecule has 0 aliphatic carbocycles. The fourth-order valence-corrected chi connectivity index (χ4v) is 2.28. The lowest BCUT2D eigenvalue weighted by Crippen LogP contribution is -2.27. The lowest BCUT2D eigenvalue weighted by Gasteiger charge is -2.29. The zero-order chi connectivity index (χ0) is 12.3. The summed E-state index contributed by atoms with van der Waals surface area (Å²) < 4.78 is 12.0. The Morgan fingerprint density at radius 3 is 2.76 bits per heavy atom. The Balaban J connectivity index is 2.01. The monoisotopic (exact) mass is 298 g/mol. The van der Waals surface area contributed by atoms with Gasteiger partial charge in [0.25, 0.3) is 0 Å². The fourth-order valence-electron chi connectivity index (χ4n) is 2.02. The molecule has 1 fully saturated rings. The molecular weight excluding hydrogens is 284 g/mol. The summed E-state index contributed by atoms with van der Waals surface area (Å²) in [6.07, 6.45) is 1.53. The Labute approximate surface area is 109 Å². The molecule has 0 spiro atoms. The second-order valence-electron chi connectivity index (χ2n) is 4.17. The Morgan fingerprint density at radius 1 is 1.41 bits per heavy atom. The summed E-state index contributed by atoms with van der Waals surface area (Å²) in [5, 5.41) is 0. The minimum Gasteiger partial charge on any atom is -0.462 e. The fraction of sp³-hybridized carbons (Fsp3) is 0.462. The van der Waals surface area contributed by atoms with Gasteiger partial charge in [0.1, 0.15) is 6.10 Å². The van der Waals surface area contributed by atoms with E-state index in [1.165, 1.54) is 6.92 Å². The third-order valence-electron chi connectivity index (χ3n) is 2.81. The number of rotatable bonds is 2. The van der Waals surface area contributed by atoms with Crippen LogP contribution in [0.4, 0.5) is 0 Å². The maximum absolute atomic E-state index is 10.9. The molecule has 0 amide bonds. The van der Waals surface area contributed by atoms with Gasteiger partial charge in [-0.15, -0.1) is 0 Å². The first-order chi connectivity index (χ1) is 8.15. The van der Waals surface area contributed by atoms with E-state index in [1.54, 1.807) is 0 Å².